The first kappa shape index (κ1) is 14.0. The van der Waals surface area contributed by atoms with Gasteiger partial charge in [-0.25, -0.2) is 0 Å². The second-order valence-corrected chi connectivity index (χ2v) is 5.23. The van der Waals surface area contributed by atoms with Gasteiger partial charge in [-0.3, -0.25) is 9.67 Å². The number of anilines is 1. The highest BCUT2D eigenvalue weighted by molar-refractivity contribution is 5.96. The zero-order valence-corrected chi connectivity index (χ0v) is 12.5. The molecule has 6 nitrogen and oxygen atoms in total. The molecule has 0 aliphatic carbocycles. The quantitative estimate of drug-likeness (QED) is 0.799. The van der Waals surface area contributed by atoms with Gasteiger partial charge in [0, 0.05) is 24.3 Å². The summed E-state index contributed by atoms with van der Waals surface area (Å²) in [5.41, 5.74) is 4.57. The Morgan fingerprint density at radius 3 is 2.91 bits per heavy atom. The van der Waals surface area contributed by atoms with Gasteiger partial charge in [-0.15, -0.1) is 5.10 Å². The third kappa shape index (κ3) is 2.61. The highest BCUT2D eigenvalue weighted by Crippen LogP contribution is 2.28. The van der Waals surface area contributed by atoms with E-state index >= 15 is 0 Å². The first-order valence-electron chi connectivity index (χ1n) is 7.07. The summed E-state index contributed by atoms with van der Waals surface area (Å²) in [6, 6.07) is 6.37. The molecule has 0 radical (unpaired) electrons. The molecule has 0 aliphatic heterocycles. The summed E-state index contributed by atoms with van der Waals surface area (Å²) in [7, 11) is 0. The zero-order valence-electron chi connectivity index (χ0n) is 12.5. The highest BCUT2D eigenvalue weighted by atomic mass is 15.4. The normalized spacial score (nSPS) is 10.6. The van der Waals surface area contributed by atoms with Crippen molar-refractivity contribution in [2.45, 2.75) is 20.4 Å². The van der Waals surface area contributed by atoms with E-state index < -0.39 is 0 Å². The molecule has 22 heavy (non-hydrogen) atoms. The maximum absolute atomic E-state index is 9.34. The van der Waals surface area contributed by atoms with Crippen molar-refractivity contribution in [3.63, 3.8) is 0 Å². The number of nitriles is 1. The number of nitrogens with zero attached hydrogens (tertiary/aromatic N) is 5. The molecule has 2 heterocycles. The van der Waals surface area contributed by atoms with Crippen molar-refractivity contribution < 1.29 is 0 Å². The Morgan fingerprint density at radius 2 is 2.18 bits per heavy atom. The van der Waals surface area contributed by atoms with Crippen LogP contribution >= 0.6 is 0 Å². The molecule has 0 aliphatic rings. The molecule has 0 amide bonds. The number of rotatable bonds is 4. The van der Waals surface area contributed by atoms with Gasteiger partial charge < -0.3 is 5.32 Å². The Kier molecular flexibility index (Phi) is 3.71. The SMILES string of the molecule is Cc1cc(C)c2ncc(C#N)c(NCCn3ccnn3)c2c1. The van der Waals surface area contributed by atoms with E-state index in [0.717, 1.165) is 27.7 Å². The van der Waals surface area contributed by atoms with E-state index in [1.165, 1.54) is 0 Å². The molecule has 0 saturated heterocycles. The zero-order chi connectivity index (χ0) is 15.5. The lowest BCUT2D eigenvalue weighted by molar-refractivity contribution is 0.609. The van der Waals surface area contributed by atoms with Crippen molar-refractivity contribution >= 4 is 16.6 Å². The lowest BCUT2D eigenvalue weighted by Crippen LogP contribution is -2.12. The number of hydrogen-bond donors (Lipinski definition) is 1. The van der Waals surface area contributed by atoms with Gasteiger partial charge in [-0.2, -0.15) is 5.26 Å². The second-order valence-electron chi connectivity index (χ2n) is 5.23. The fraction of sp³-hybridized carbons (Fsp3) is 0.250. The van der Waals surface area contributed by atoms with Gasteiger partial charge in [0.2, 0.25) is 0 Å². The molecular weight excluding hydrogens is 276 g/mol. The summed E-state index contributed by atoms with van der Waals surface area (Å²) < 4.78 is 1.75. The van der Waals surface area contributed by atoms with Crippen LogP contribution in [0.3, 0.4) is 0 Å². The summed E-state index contributed by atoms with van der Waals surface area (Å²) >= 11 is 0. The molecule has 0 saturated carbocycles. The van der Waals surface area contributed by atoms with Gasteiger partial charge in [0.1, 0.15) is 6.07 Å². The Labute approximate surface area is 128 Å². The summed E-state index contributed by atoms with van der Waals surface area (Å²) in [5, 5.41) is 21.4. The smallest absolute Gasteiger partial charge is 0.103 e. The number of aromatic nitrogens is 4. The number of benzene rings is 1. The van der Waals surface area contributed by atoms with Crippen molar-refractivity contribution in [2.75, 3.05) is 11.9 Å². The van der Waals surface area contributed by atoms with Gasteiger partial charge in [0.05, 0.1) is 29.5 Å². The molecule has 110 valence electrons. The Morgan fingerprint density at radius 1 is 1.32 bits per heavy atom. The minimum Gasteiger partial charge on any atom is -0.382 e. The van der Waals surface area contributed by atoms with Crippen molar-refractivity contribution in [1.29, 1.82) is 5.26 Å². The van der Waals surface area contributed by atoms with Gasteiger partial charge in [-0.05, 0) is 25.5 Å². The van der Waals surface area contributed by atoms with Gasteiger partial charge >= 0.3 is 0 Å². The molecular formula is C16H16N6. The van der Waals surface area contributed by atoms with Gasteiger partial charge in [0.25, 0.3) is 0 Å². The first-order valence-corrected chi connectivity index (χ1v) is 7.07. The molecule has 0 atom stereocenters. The number of pyridine rings is 1. The van der Waals surface area contributed by atoms with Crippen LogP contribution in [0, 0.1) is 25.2 Å². The molecule has 0 spiro atoms. The summed E-state index contributed by atoms with van der Waals surface area (Å²) in [6.07, 6.45) is 5.09. The van der Waals surface area contributed by atoms with Crippen LogP contribution in [0.15, 0.2) is 30.7 Å². The molecule has 0 fully saturated rings. The summed E-state index contributed by atoms with van der Waals surface area (Å²) in [4.78, 5) is 4.42. The summed E-state index contributed by atoms with van der Waals surface area (Å²) in [6.45, 7) is 5.42. The van der Waals surface area contributed by atoms with E-state index in [4.69, 9.17) is 0 Å². The Bertz CT molecular complexity index is 845. The largest absolute Gasteiger partial charge is 0.382 e. The van der Waals surface area contributed by atoms with E-state index in [1.54, 1.807) is 17.1 Å². The monoisotopic (exact) mass is 292 g/mol. The number of hydrogen-bond acceptors (Lipinski definition) is 5. The van der Waals surface area contributed by atoms with Crippen LogP contribution in [0.4, 0.5) is 5.69 Å². The van der Waals surface area contributed by atoms with Crippen molar-refractivity contribution in [2.24, 2.45) is 0 Å². The third-order valence-electron chi connectivity index (χ3n) is 3.54. The molecule has 0 bridgehead atoms. The van der Waals surface area contributed by atoms with Crippen LogP contribution in [-0.4, -0.2) is 26.5 Å². The van der Waals surface area contributed by atoms with Crippen molar-refractivity contribution in [3.05, 3.63) is 47.4 Å². The molecule has 6 heteroatoms. The Balaban J connectivity index is 1.97. The fourth-order valence-electron chi connectivity index (χ4n) is 2.58. The fourth-order valence-corrected chi connectivity index (χ4v) is 2.58. The van der Waals surface area contributed by atoms with Crippen LogP contribution in [-0.2, 0) is 6.54 Å². The maximum Gasteiger partial charge on any atom is 0.103 e. The predicted octanol–water partition coefficient (Wildman–Crippen LogP) is 2.43. The van der Waals surface area contributed by atoms with E-state index in [0.29, 0.717) is 18.7 Å². The Hall–Kier alpha value is -2.94. The number of aryl methyl sites for hydroxylation is 2. The van der Waals surface area contributed by atoms with E-state index in [9.17, 15) is 5.26 Å². The maximum atomic E-state index is 9.34. The van der Waals surface area contributed by atoms with Gasteiger partial charge in [-0.1, -0.05) is 16.8 Å². The van der Waals surface area contributed by atoms with Crippen molar-refractivity contribution in [1.82, 2.24) is 20.0 Å². The average molecular weight is 292 g/mol. The molecule has 3 aromatic rings. The van der Waals surface area contributed by atoms with Crippen LogP contribution in [0.5, 0.6) is 0 Å². The van der Waals surface area contributed by atoms with E-state index in [2.05, 4.69) is 38.8 Å². The van der Waals surface area contributed by atoms with Crippen LogP contribution < -0.4 is 5.32 Å². The molecule has 2 aromatic heterocycles. The second kappa shape index (κ2) is 5.82. The van der Waals surface area contributed by atoms with Crippen LogP contribution in [0.25, 0.3) is 10.9 Å². The predicted molar refractivity (Wildman–Crippen MR) is 84.4 cm³/mol. The number of fused-ring (bicyclic) bond motifs is 1. The molecule has 1 N–H and O–H groups in total. The molecule has 3 rings (SSSR count). The topological polar surface area (TPSA) is 79.4 Å². The van der Waals surface area contributed by atoms with E-state index in [1.807, 2.05) is 20.0 Å². The van der Waals surface area contributed by atoms with Crippen LogP contribution in [0.2, 0.25) is 0 Å². The minimum atomic E-state index is 0.552. The number of nitrogens with one attached hydrogen (secondary N) is 1. The lowest BCUT2D eigenvalue weighted by atomic mass is 10.0. The standard InChI is InChI=1S/C16H16N6/c1-11-7-12(2)15-14(8-11)16(13(9-17)10-19-15)18-3-5-22-6-4-20-21-22/h4,6-8,10H,3,5H2,1-2H3,(H,18,19). The average Bonchev–Trinajstić information content (AvgIpc) is 3.00. The minimum absolute atomic E-state index is 0.552. The first-order chi connectivity index (χ1) is 10.7. The van der Waals surface area contributed by atoms with Crippen LogP contribution in [0.1, 0.15) is 16.7 Å². The molecule has 0 unspecified atom stereocenters. The molecule has 1 aromatic carbocycles. The van der Waals surface area contributed by atoms with Crippen molar-refractivity contribution in [3.8, 4) is 6.07 Å². The highest BCUT2D eigenvalue weighted by Gasteiger charge is 2.10. The lowest BCUT2D eigenvalue weighted by Gasteiger charge is -2.13. The summed E-state index contributed by atoms with van der Waals surface area (Å²) in [5.74, 6) is 0. The van der Waals surface area contributed by atoms with Gasteiger partial charge in [0.15, 0.2) is 0 Å². The van der Waals surface area contributed by atoms with E-state index in [-0.39, 0.29) is 0 Å². The third-order valence-corrected chi connectivity index (χ3v) is 3.54.